The first-order valence-electron chi connectivity index (χ1n) is 4.15. The van der Waals surface area contributed by atoms with Gasteiger partial charge >= 0.3 is 0 Å². The van der Waals surface area contributed by atoms with Gasteiger partial charge in [-0.1, -0.05) is 0 Å². The fourth-order valence-corrected chi connectivity index (χ4v) is 2.28. The Morgan fingerprint density at radius 2 is 1.10 bits per heavy atom. The molecule has 0 aromatic heterocycles. The molecule has 0 bridgehead atoms. The van der Waals surface area contributed by atoms with Gasteiger partial charge in [-0.25, -0.2) is 0 Å². The van der Waals surface area contributed by atoms with Gasteiger partial charge < -0.3 is 10.2 Å². The van der Waals surface area contributed by atoms with Crippen molar-refractivity contribution in [1.82, 2.24) is 0 Å². The highest BCUT2D eigenvalue weighted by atomic mass is 16.3. The Morgan fingerprint density at radius 1 is 0.700 bits per heavy atom. The number of aliphatic hydroxyl groups is 2. The van der Waals surface area contributed by atoms with Gasteiger partial charge in [0.25, 0.3) is 0 Å². The van der Waals surface area contributed by atoms with Crippen LogP contribution in [0.2, 0.25) is 0 Å². The number of fused-ring (bicyclic) bond motifs is 1. The van der Waals surface area contributed by atoms with Crippen molar-refractivity contribution < 1.29 is 10.2 Å². The van der Waals surface area contributed by atoms with E-state index < -0.39 is 0 Å². The zero-order valence-electron chi connectivity index (χ0n) is 6.03. The minimum Gasteiger partial charge on any atom is -0.393 e. The molecule has 2 N–H and O–H groups in total. The lowest BCUT2D eigenvalue weighted by Crippen LogP contribution is -2.47. The van der Waals surface area contributed by atoms with Crippen LogP contribution in [0.1, 0.15) is 25.7 Å². The number of hydrogen-bond acceptors (Lipinski definition) is 2. The van der Waals surface area contributed by atoms with E-state index in [1.54, 1.807) is 0 Å². The van der Waals surface area contributed by atoms with E-state index >= 15 is 0 Å². The van der Waals surface area contributed by atoms with E-state index in [9.17, 15) is 10.2 Å². The maximum Gasteiger partial charge on any atom is 0.0573 e. The largest absolute Gasteiger partial charge is 0.393 e. The molecule has 2 aliphatic carbocycles. The Morgan fingerprint density at radius 3 is 1.40 bits per heavy atom. The number of aliphatic hydroxyl groups excluding tert-OH is 2. The van der Waals surface area contributed by atoms with Crippen LogP contribution in [0.25, 0.3) is 0 Å². The van der Waals surface area contributed by atoms with E-state index in [0.29, 0.717) is 11.8 Å². The van der Waals surface area contributed by atoms with E-state index in [2.05, 4.69) is 0 Å². The summed E-state index contributed by atoms with van der Waals surface area (Å²) < 4.78 is 0. The lowest BCUT2D eigenvalue weighted by Gasteiger charge is -2.46. The van der Waals surface area contributed by atoms with Gasteiger partial charge in [0.15, 0.2) is 0 Å². The fourth-order valence-electron chi connectivity index (χ4n) is 2.28. The molecule has 2 nitrogen and oxygen atoms in total. The van der Waals surface area contributed by atoms with E-state index in [4.69, 9.17) is 0 Å². The normalized spacial score (nSPS) is 53.4. The standard InChI is InChI=1S/C8H14O2/c9-7-3-4-8(10)6-2-1-5(6)7/h5-10H,1-4H2. The van der Waals surface area contributed by atoms with Crippen LogP contribution in [0.5, 0.6) is 0 Å². The molecule has 0 heterocycles. The summed E-state index contributed by atoms with van der Waals surface area (Å²) in [5.41, 5.74) is 0. The Labute approximate surface area is 60.9 Å². The summed E-state index contributed by atoms with van der Waals surface area (Å²) >= 11 is 0. The Hall–Kier alpha value is -0.0800. The summed E-state index contributed by atoms with van der Waals surface area (Å²) in [6.45, 7) is 0. The SMILES string of the molecule is OC1CCC(O)C2CCC12. The predicted octanol–water partition coefficient (Wildman–Crippen LogP) is 0.528. The van der Waals surface area contributed by atoms with Crippen LogP contribution in [-0.2, 0) is 0 Å². The van der Waals surface area contributed by atoms with Crippen molar-refractivity contribution in [3.8, 4) is 0 Å². The predicted molar refractivity (Wildman–Crippen MR) is 37.5 cm³/mol. The first-order valence-corrected chi connectivity index (χ1v) is 4.15. The molecule has 0 spiro atoms. The molecule has 0 aliphatic heterocycles. The second-order valence-corrected chi connectivity index (χ2v) is 3.62. The summed E-state index contributed by atoms with van der Waals surface area (Å²) in [7, 11) is 0. The molecule has 0 amide bonds. The highest BCUT2D eigenvalue weighted by Crippen LogP contribution is 2.44. The van der Waals surface area contributed by atoms with E-state index in [0.717, 1.165) is 25.7 Å². The zero-order valence-corrected chi connectivity index (χ0v) is 6.03. The molecule has 10 heavy (non-hydrogen) atoms. The van der Waals surface area contributed by atoms with Crippen LogP contribution in [0.3, 0.4) is 0 Å². The summed E-state index contributed by atoms with van der Waals surface area (Å²) in [6, 6.07) is 0. The van der Waals surface area contributed by atoms with Crippen LogP contribution < -0.4 is 0 Å². The zero-order chi connectivity index (χ0) is 7.14. The van der Waals surface area contributed by atoms with Gasteiger partial charge in [-0.3, -0.25) is 0 Å². The van der Waals surface area contributed by atoms with E-state index in [-0.39, 0.29) is 12.2 Å². The van der Waals surface area contributed by atoms with Crippen molar-refractivity contribution >= 4 is 0 Å². The molecule has 4 unspecified atom stereocenters. The molecule has 2 aliphatic rings. The first kappa shape index (κ1) is 6.62. The minimum atomic E-state index is -0.109. The molecular formula is C8H14O2. The van der Waals surface area contributed by atoms with Gasteiger partial charge in [-0.2, -0.15) is 0 Å². The molecule has 2 fully saturated rings. The van der Waals surface area contributed by atoms with Gasteiger partial charge in [-0.05, 0) is 37.5 Å². The average molecular weight is 142 g/mol. The third kappa shape index (κ3) is 0.789. The molecule has 58 valence electrons. The van der Waals surface area contributed by atoms with Crippen molar-refractivity contribution in [2.75, 3.05) is 0 Å². The minimum absolute atomic E-state index is 0.109. The Balaban J connectivity index is 2.02. The second-order valence-electron chi connectivity index (χ2n) is 3.62. The van der Waals surface area contributed by atoms with Gasteiger partial charge in [0.1, 0.15) is 0 Å². The third-order valence-electron chi connectivity index (χ3n) is 3.13. The second kappa shape index (κ2) is 2.21. The maximum atomic E-state index is 9.41. The summed E-state index contributed by atoms with van der Waals surface area (Å²) in [4.78, 5) is 0. The van der Waals surface area contributed by atoms with Gasteiger partial charge in [0.05, 0.1) is 12.2 Å². The quantitative estimate of drug-likeness (QED) is 0.518. The molecule has 0 aromatic carbocycles. The van der Waals surface area contributed by atoms with Crippen molar-refractivity contribution in [2.45, 2.75) is 37.9 Å². The molecular weight excluding hydrogens is 128 g/mol. The number of hydrogen-bond donors (Lipinski definition) is 2. The molecule has 2 saturated carbocycles. The fraction of sp³-hybridized carbons (Fsp3) is 1.00. The lowest BCUT2D eigenvalue weighted by atomic mass is 9.63. The average Bonchev–Trinajstić information content (AvgIpc) is 1.78. The Kier molecular flexibility index (Phi) is 1.46. The number of rotatable bonds is 0. The molecule has 4 atom stereocenters. The van der Waals surface area contributed by atoms with E-state index in [1.807, 2.05) is 0 Å². The smallest absolute Gasteiger partial charge is 0.0573 e. The summed E-state index contributed by atoms with van der Waals surface area (Å²) in [5.74, 6) is 0.868. The van der Waals surface area contributed by atoms with Crippen molar-refractivity contribution in [3.05, 3.63) is 0 Å². The molecule has 0 aromatic rings. The monoisotopic (exact) mass is 142 g/mol. The summed E-state index contributed by atoms with van der Waals surface area (Å²) in [5, 5.41) is 18.8. The topological polar surface area (TPSA) is 40.5 Å². The Bertz CT molecular complexity index is 119. The molecule has 0 radical (unpaired) electrons. The van der Waals surface area contributed by atoms with Crippen LogP contribution in [0.15, 0.2) is 0 Å². The molecule has 2 rings (SSSR count). The highest BCUT2D eigenvalue weighted by Gasteiger charge is 2.43. The third-order valence-corrected chi connectivity index (χ3v) is 3.13. The maximum absolute atomic E-state index is 9.41. The van der Waals surface area contributed by atoms with Crippen LogP contribution in [0, 0.1) is 11.8 Å². The highest BCUT2D eigenvalue weighted by molar-refractivity contribution is 4.94. The van der Waals surface area contributed by atoms with Crippen molar-refractivity contribution in [3.63, 3.8) is 0 Å². The first-order chi connectivity index (χ1) is 4.79. The van der Waals surface area contributed by atoms with Crippen molar-refractivity contribution in [2.24, 2.45) is 11.8 Å². The molecule has 2 heteroatoms. The van der Waals surface area contributed by atoms with Gasteiger partial charge in [0.2, 0.25) is 0 Å². The van der Waals surface area contributed by atoms with Gasteiger partial charge in [-0.15, -0.1) is 0 Å². The van der Waals surface area contributed by atoms with Crippen LogP contribution in [-0.4, -0.2) is 22.4 Å². The van der Waals surface area contributed by atoms with E-state index in [1.165, 1.54) is 0 Å². The summed E-state index contributed by atoms with van der Waals surface area (Å²) in [6.07, 6.45) is 3.65. The van der Waals surface area contributed by atoms with Gasteiger partial charge in [0, 0.05) is 0 Å². The van der Waals surface area contributed by atoms with Crippen molar-refractivity contribution in [1.29, 1.82) is 0 Å². The van der Waals surface area contributed by atoms with Crippen LogP contribution >= 0.6 is 0 Å². The van der Waals surface area contributed by atoms with Crippen LogP contribution in [0.4, 0.5) is 0 Å². The molecule has 0 saturated heterocycles. The lowest BCUT2D eigenvalue weighted by molar-refractivity contribution is -0.0930.